The standard InChI is InChI=1S/C26H33N3O4/c1-18(2)16-26(19-9-6-5-7-10-19)24(30)29(25(31)27-26)17-28-14-8-11-22(28)21-13-12-20(32-3)15-23(21)33-4/h5-7,9-10,12-13,15,18,22H,8,11,14,16-17H2,1-4H3,(H,27,31). The molecule has 176 valence electrons. The number of rotatable bonds is 8. The summed E-state index contributed by atoms with van der Waals surface area (Å²) < 4.78 is 11.0. The van der Waals surface area contributed by atoms with E-state index in [2.05, 4.69) is 24.1 Å². The average molecular weight is 452 g/mol. The molecule has 0 bridgehead atoms. The lowest BCUT2D eigenvalue weighted by molar-refractivity contribution is -0.133. The number of nitrogens with zero attached hydrogens (tertiary/aromatic N) is 2. The second-order valence-electron chi connectivity index (χ2n) is 9.25. The zero-order valence-electron chi connectivity index (χ0n) is 19.8. The van der Waals surface area contributed by atoms with E-state index < -0.39 is 5.54 Å². The summed E-state index contributed by atoms with van der Waals surface area (Å²) in [6.45, 7) is 5.19. The Labute approximate surface area is 195 Å². The van der Waals surface area contributed by atoms with Crippen LogP contribution in [0.5, 0.6) is 11.5 Å². The Bertz CT molecular complexity index is 1010. The fourth-order valence-corrected chi connectivity index (χ4v) is 5.16. The lowest BCUT2D eigenvalue weighted by Crippen LogP contribution is -2.46. The predicted octanol–water partition coefficient (Wildman–Crippen LogP) is 4.29. The second-order valence-corrected chi connectivity index (χ2v) is 9.25. The van der Waals surface area contributed by atoms with Gasteiger partial charge in [0.1, 0.15) is 17.0 Å². The van der Waals surface area contributed by atoms with Gasteiger partial charge in [-0.1, -0.05) is 50.2 Å². The van der Waals surface area contributed by atoms with E-state index in [-0.39, 0.29) is 30.6 Å². The largest absolute Gasteiger partial charge is 0.497 e. The van der Waals surface area contributed by atoms with Crippen LogP contribution in [0, 0.1) is 5.92 Å². The Morgan fingerprint density at radius 1 is 1.09 bits per heavy atom. The average Bonchev–Trinajstić information content (AvgIpc) is 3.37. The highest BCUT2D eigenvalue weighted by Gasteiger charge is 2.53. The summed E-state index contributed by atoms with van der Waals surface area (Å²) in [5, 5.41) is 3.05. The molecule has 0 radical (unpaired) electrons. The van der Waals surface area contributed by atoms with Crippen LogP contribution in [0.2, 0.25) is 0 Å². The molecule has 7 nitrogen and oxygen atoms in total. The summed E-state index contributed by atoms with van der Waals surface area (Å²) in [5.41, 5.74) is 0.841. The number of carbonyl (C=O) groups excluding carboxylic acids is 2. The molecular formula is C26H33N3O4. The molecule has 2 unspecified atom stereocenters. The maximum Gasteiger partial charge on any atom is 0.326 e. The predicted molar refractivity (Wildman–Crippen MR) is 126 cm³/mol. The van der Waals surface area contributed by atoms with E-state index in [9.17, 15) is 9.59 Å². The van der Waals surface area contributed by atoms with Crippen molar-refractivity contribution < 1.29 is 19.1 Å². The molecular weight excluding hydrogens is 418 g/mol. The van der Waals surface area contributed by atoms with Crippen LogP contribution in [0.25, 0.3) is 0 Å². The molecule has 4 rings (SSSR count). The van der Waals surface area contributed by atoms with Crippen LogP contribution < -0.4 is 14.8 Å². The highest BCUT2D eigenvalue weighted by molar-refractivity contribution is 6.07. The molecule has 2 heterocycles. The minimum Gasteiger partial charge on any atom is -0.497 e. The Balaban J connectivity index is 1.61. The Hall–Kier alpha value is -3.06. The summed E-state index contributed by atoms with van der Waals surface area (Å²) in [5.74, 6) is 1.54. The van der Waals surface area contributed by atoms with Gasteiger partial charge < -0.3 is 14.8 Å². The first-order valence-electron chi connectivity index (χ1n) is 11.5. The number of likely N-dealkylation sites (tertiary alicyclic amines) is 1. The molecule has 2 fully saturated rings. The molecule has 2 aliphatic rings. The number of nitrogens with one attached hydrogen (secondary N) is 1. The van der Waals surface area contributed by atoms with E-state index in [0.29, 0.717) is 6.42 Å². The van der Waals surface area contributed by atoms with E-state index in [1.54, 1.807) is 14.2 Å². The van der Waals surface area contributed by atoms with Gasteiger partial charge >= 0.3 is 6.03 Å². The summed E-state index contributed by atoms with van der Waals surface area (Å²) in [4.78, 5) is 30.5. The van der Waals surface area contributed by atoms with Gasteiger partial charge in [-0.15, -0.1) is 0 Å². The van der Waals surface area contributed by atoms with Crippen LogP contribution in [-0.2, 0) is 10.3 Å². The summed E-state index contributed by atoms with van der Waals surface area (Å²) in [6, 6.07) is 15.1. The molecule has 0 spiro atoms. The van der Waals surface area contributed by atoms with Crippen molar-refractivity contribution in [1.82, 2.24) is 15.1 Å². The quantitative estimate of drug-likeness (QED) is 0.606. The fourth-order valence-electron chi connectivity index (χ4n) is 5.16. The maximum absolute atomic E-state index is 13.8. The lowest BCUT2D eigenvalue weighted by Gasteiger charge is -2.31. The summed E-state index contributed by atoms with van der Waals surface area (Å²) in [6.07, 6.45) is 2.47. The van der Waals surface area contributed by atoms with Gasteiger partial charge in [-0.25, -0.2) is 9.69 Å². The molecule has 2 aromatic carbocycles. The molecule has 33 heavy (non-hydrogen) atoms. The number of benzene rings is 2. The van der Waals surface area contributed by atoms with Gasteiger partial charge in [0.15, 0.2) is 0 Å². The molecule has 2 aliphatic heterocycles. The first kappa shape index (κ1) is 23.1. The highest BCUT2D eigenvalue weighted by Crippen LogP contribution is 2.40. The monoisotopic (exact) mass is 451 g/mol. The first-order chi connectivity index (χ1) is 15.9. The van der Waals surface area contributed by atoms with E-state index >= 15 is 0 Å². The Kier molecular flexibility index (Phi) is 6.61. The van der Waals surface area contributed by atoms with E-state index in [4.69, 9.17) is 9.47 Å². The molecule has 1 N–H and O–H groups in total. The van der Waals surface area contributed by atoms with Crippen molar-refractivity contribution in [3.63, 3.8) is 0 Å². The minimum absolute atomic E-state index is 0.0586. The normalized spacial score (nSPS) is 23.3. The van der Waals surface area contributed by atoms with Crippen molar-refractivity contribution in [3.05, 3.63) is 59.7 Å². The number of carbonyl (C=O) groups is 2. The smallest absolute Gasteiger partial charge is 0.326 e. The van der Waals surface area contributed by atoms with Crippen LogP contribution in [0.15, 0.2) is 48.5 Å². The van der Waals surface area contributed by atoms with Crippen molar-refractivity contribution >= 4 is 11.9 Å². The third kappa shape index (κ3) is 4.29. The lowest BCUT2D eigenvalue weighted by atomic mass is 9.82. The molecule has 0 aromatic heterocycles. The van der Waals surface area contributed by atoms with Crippen molar-refractivity contribution in [1.29, 1.82) is 0 Å². The summed E-state index contributed by atoms with van der Waals surface area (Å²) >= 11 is 0. The van der Waals surface area contributed by atoms with Gasteiger partial charge in [0, 0.05) is 24.2 Å². The van der Waals surface area contributed by atoms with Gasteiger partial charge in [0.05, 0.1) is 20.9 Å². The third-order valence-corrected chi connectivity index (χ3v) is 6.64. The topological polar surface area (TPSA) is 71.1 Å². The first-order valence-corrected chi connectivity index (χ1v) is 11.5. The number of ether oxygens (including phenoxy) is 2. The SMILES string of the molecule is COc1ccc(C2CCCN2CN2C(=O)NC(CC(C)C)(c3ccccc3)C2=O)c(OC)c1. The van der Waals surface area contributed by atoms with Crippen molar-refractivity contribution in [2.45, 2.75) is 44.7 Å². The molecule has 0 saturated carbocycles. The van der Waals surface area contributed by atoms with E-state index in [0.717, 1.165) is 42.0 Å². The molecule has 7 heteroatoms. The van der Waals surface area contributed by atoms with Crippen LogP contribution in [0.1, 0.15) is 50.3 Å². The zero-order chi connectivity index (χ0) is 23.6. The van der Waals surface area contributed by atoms with Gasteiger partial charge in [-0.05, 0) is 36.8 Å². The number of hydrogen-bond donors (Lipinski definition) is 1. The van der Waals surface area contributed by atoms with E-state index in [1.807, 2.05) is 48.5 Å². The second kappa shape index (κ2) is 9.43. The fraction of sp³-hybridized carbons (Fsp3) is 0.462. The van der Waals surface area contributed by atoms with Crippen LogP contribution >= 0.6 is 0 Å². The summed E-state index contributed by atoms with van der Waals surface area (Å²) in [7, 11) is 3.28. The van der Waals surface area contributed by atoms with Gasteiger partial charge in [0.25, 0.3) is 5.91 Å². The molecule has 3 amide bonds. The Morgan fingerprint density at radius 3 is 2.52 bits per heavy atom. The van der Waals surface area contributed by atoms with Crippen molar-refractivity contribution in [2.24, 2.45) is 5.92 Å². The van der Waals surface area contributed by atoms with Gasteiger partial charge in [0.2, 0.25) is 0 Å². The van der Waals surface area contributed by atoms with Gasteiger partial charge in [-0.2, -0.15) is 0 Å². The Morgan fingerprint density at radius 2 is 1.85 bits per heavy atom. The number of methoxy groups -OCH3 is 2. The van der Waals surface area contributed by atoms with E-state index in [1.165, 1.54) is 4.90 Å². The molecule has 2 saturated heterocycles. The third-order valence-electron chi connectivity index (χ3n) is 6.64. The molecule has 2 aromatic rings. The minimum atomic E-state index is -1.03. The zero-order valence-corrected chi connectivity index (χ0v) is 19.8. The molecule has 0 aliphatic carbocycles. The maximum atomic E-state index is 13.8. The number of urea groups is 1. The van der Waals surface area contributed by atoms with Gasteiger partial charge in [-0.3, -0.25) is 9.69 Å². The highest BCUT2D eigenvalue weighted by atomic mass is 16.5. The van der Waals surface area contributed by atoms with Crippen molar-refractivity contribution in [2.75, 3.05) is 27.4 Å². The number of imide groups is 1. The number of hydrogen-bond acceptors (Lipinski definition) is 5. The van der Waals surface area contributed by atoms with Crippen LogP contribution in [0.3, 0.4) is 0 Å². The van der Waals surface area contributed by atoms with Crippen LogP contribution in [-0.4, -0.2) is 49.2 Å². The number of amides is 3. The molecule has 2 atom stereocenters. The van der Waals surface area contributed by atoms with Crippen molar-refractivity contribution in [3.8, 4) is 11.5 Å². The van der Waals surface area contributed by atoms with Crippen LogP contribution in [0.4, 0.5) is 4.79 Å².